The number of aryl methyl sites for hydroxylation is 1. The van der Waals surface area contributed by atoms with Crippen LogP contribution in [0.4, 0.5) is 4.79 Å². The van der Waals surface area contributed by atoms with Gasteiger partial charge in [-0.1, -0.05) is 17.7 Å². The van der Waals surface area contributed by atoms with E-state index in [9.17, 15) is 18.0 Å². The molecule has 0 saturated carbocycles. The van der Waals surface area contributed by atoms with E-state index in [1.807, 2.05) is 6.92 Å². The summed E-state index contributed by atoms with van der Waals surface area (Å²) in [7, 11) is -2.61. The molecule has 1 aromatic heterocycles. The van der Waals surface area contributed by atoms with Crippen LogP contribution in [-0.4, -0.2) is 37.5 Å². The molecule has 0 spiro atoms. The lowest BCUT2D eigenvalue weighted by atomic mass is 10.1. The SMILES string of the molecule is COc1cc2c(cc1C=O)cc(CNC(=O)OC(C)(C)C)n2S(=O)(=O)c1ccc(C)cc1. The van der Waals surface area contributed by atoms with Crippen LogP contribution in [0.1, 0.15) is 42.4 Å². The Hall–Kier alpha value is -3.33. The van der Waals surface area contributed by atoms with E-state index in [0.29, 0.717) is 22.9 Å². The van der Waals surface area contributed by atoms with Crippen LogP contribution < -0.4 is 10.1 Å². The van der Waals surface area contributed by atoms with Crippen LogP contribution in [0, 0.1) is 6.92 Å². The molecular weight excluding hydrogens is 432 g/mol. The summed E-state index contributed by atoms with van der Waals surface area (Å²) in [6, 6.07) is 11.1. The first-order valence-corrected chi connectivity index (χ1v) is 11.4. The van der Waals surface area contributed by atoms with Gasteiger partial charge in [0.25, 0.3) is 10.0 Å². The number of amides is 1. The summed E-state index contributed by atoms with van der Waals surface area (Å²) in [5.41, 5.74) is 1.14. The van der Waals surface area contributed by atoms with Crippen molar-refractivity contribution in [2.24, 2.45) is 0 Å². The van der Waals surface area contributed by atoms with Crippen LogP contribution in [-0.2, 0) is 21.3 Å². The van der Waals surface area contributed by atoms with Crippen molar-refractivity contribution in [2.75, 3.05) is 7.11 Å². The number of hydrogen-bond acceptors (Lipinski definition) is 6. The van der Waals surface area contributed by atoms with Crippen LogP contribution >= 0.6 is 0 Å². The standard InChI is InChI=1S/C23H26N2O6S/c1-15-6-8-19(9-7-15)32(28,29)25-18(13-24-22(27)31-23(2,3)4)11-16-10-17(14-26)21(30-5)12-20(16)25/h6-12,14H,13H2,1-5H3,(H,24,27). The third kappa shape index (κ3) is 4.77. The second kappa shape index (κ2) is 8.66. The maximum absolute atomic E-state index is 13.6. The van der Waals surface area contributed by atoms with Crippen molar-refractivity contribution >= 4 is 33.3 Å². The van der Waals surface area contributed by atoms with Gasteiger partial charge in [-0.3, -0.25) is 4.79 Å². The number of aromatic nitrogens is 1. The number of hydrogen-bond donors (Lipinski definition) is 1. The minimum absolute atomic E-state index is 0.0950. The van der Waals surface area contributed by atoms with Gasteiger partial charge < -0.3 is 14.8 Å². The van der Waals surface area contributed by atoms with E-state index in [1.54, 1.807) is 45.0 Å². The number of carbonyl (C=O) groups excluding carboxylic acids is 2. The van der Waals surface area contributed by atoms with Crippen molar-refractivity contribution in [3.63, 3.8) is 0 Å². The van der Waals surface area contributed by atoms with Gasteiger partial charge in [-0.05, 0) is 52.0 Å². The normalized spacial score (nSPS) is 11.9. The number of rotatable bonds is 6. The van der Waals surface area contributed by atoms with Crippen LogP contribution in [0.25, 0.3) is 10.9 Å². The molecule has 170 valence electrons. The molecule has 0 unspecified atom stereocenters. The van der Waals surface area contributed by atoms with Crippen molar-refractivity contribution in [1.82, 2.24) is 9.29 Å². The average Bonchev–Trinajstić information content (AvgIpc) is 3.08. The number of aldehydes is 1. The van der Waals surface area contributed by atoms with Crippen LogP contribution in [0.3, 0.4) is 0 Å². The molecule has 0 saturated heterocycles. The molecule has 0 aliphatic heterocycles. The van der Waals surface area contributed by atoms with Gasteiger partial charge in [0, 0.05) is 11.5 Å². The highest BCUT2D eigenvalue weighted by Crippen LogP contribution is 2.31. The number of carbonyl (C=O) groups is 2. The van der Waals surface area contributed by atoms with Gasteiger partial charge in [0.1, 0.15) is 11.4 Å². The highest BCUT2D eigenvalue weighted by atomic mass is 32.2. The molecule has 0 fully saturated rings. The zero-order valence-electron chi connectivity index (χ0n) is 18.6. The van der Waals surface area contributed by atoms with Crippen LogP contribution in [0.15, 0.2) is 47.4 Å². The maximum Gasteiger partial charge on any atom is 0.407 e. The summed E-state index contributed by atoms with van der Waals surface area (Å²) in [5, 5.41) is 3.12. The Balaban J connectivity index is 2.16. The number of fused-ring (bicyclic) bond motifs is 1. The van der Waals surface area contributed by atoms with Gasteiger partial charge in [0.2, 0.25) is 0 Å². The molecule has 1 amide bonds. The van der Waals surface area contributed by atoms with E-state index in [2.05, 4.69) is 5.32 Å². The van der Waals surface area contributed by atoms with Crippen LogP contribution in [0.5, 0.6) is 5.75 Å². The van der Waals surface area contributed by atoms with E-state index in [1.165, 1.54) is 25.3 Å². The Morgan fingerprint density at radius 1 is 1.12 bits per heavy atom. The number of nitrogens with one attached hydrogen (secondary N) is 1. The summed E-state index contributed by atoms with van der Waals surface area (Å²) < 4.78 is 38.8. The van der Waals surface area contributed by atoms with Gasteiger partial charge in [0.15, 0.2) is 6.29 Å². The minimum Gasteiger partial charge on any atom is -0.496 e. The lowest BCUT2D eigenvalue weighted by molar-refractivity contribution is 0.0522. The monoisotopic (exact) mass is 458 g/mol. The molecule has 1 N–H and O–H groups in total. The van der Waals surface area contributed by atoms with Crippen molar-refractivity contribution < 1.29 is 27.5 Å². The van der Waals surface area contributed by atoms with Crippen molar-refractivity contribution in [2.45, 2.75) is 44.7 Å². The lowest BCUT2D eigenvalue weighted by Crippen LogP contribution is -2.33. The number of methoxy groups -OCH3 is 1. The molecule has 8 nitrogen and oxygen atoms in total. The second-order valence-electron chi connectivity index (χ2n) is 8.34. The quantitative estimate of drug-likeness (QED) is 0.559. The first-order valence-electron chi connectivity index (χ1n) is 9.93. The highest BCUT2D eigenvalue weighted by molar-refractivity contribution is 7.90. The van der Waals surface area contributed by atoms with Crippen molar-refractivity contribution in [1.29, 1.82) is 0 Å². The Morgan fingerprint density at radius 2 is 1.78 bits per heavy atom. The van der Waals surface area contributed by atoms with Gasteiger partial charge in [-0.25, -0.2) is 17.2 Å². The van der Waals surface area contributed by atoms with Crippen molar-refractivity contribution in [3.8, 4) is 5.75 Å². The molecule has 0 aliphatic carbocycles. The molecule has 3 aromatic rings. The summed E-state index contributed by atoms with van der Waals surface area (Å²) in [5.74, 6) is 0.248. The topological polar surface area (TPSA) is 104 Å². The molecule has 1 heterocycles. The van der Waals surface area contributed by atoms with Gasteiger partial charge in [-0.2, -0.15) is 0 Å². The first-order chi connectivity index (χ1) is 15.0. The summed E-state index contributed by atoms with van der Waals surface area (Å²) in [6.07, 6.45) is -0.0314. The predicted molar refractivity (Wildman–Crippen MR) is 121 cm³/mol. The fraction of sp³-hybridized carbons (Fsp3) is 0.304. The number of ether oxygens (including phenoxy) is 2. The minimum atomic E-state index is -4.02. The zero-order chi connectivity index (χ0) is 23.7. The average molecular weight is 459 g/mol. The Labute approximate surface area is 187 Å². The Bertz CT molecular complexity index is 1270. The number of benzene rings is 2. The third-order valence-corrected chi connectivity index (χ3v) is 6.46. The molecule has 0 radical (unpaired) electrons. The molecule has 0 aliphatic rings. The van der Waals surface area contributed by atoms with Crippen LogP contribution in [0.2, 0.25) is 0 Å². The van der Waals surface area contributed by atoms with E-state index >= 15 is 0 Å². The van der Waals surface area contributed by atoms with E-state index < -0.39 is 21.7 Å². The molecule has 9 heteroatoms. The highest BCUT2D eigenvalue weighted by Gasteiger charge is 2.25. The molecule has 2 aromatic carbocycles. The Kier molecular flexibility index (Phi) is 6.32. The number of alkyl carbamates (subject to hydrolysis) is 1. The summed E-state index contributed by atoms with van der Waals surface area (Å²) >= 11 is 0. The van der Waals surface area contributed by atoms with Crippen molar-refractivity contribution in [3.05, 3.63) is 59.3 Å². The van der Waals surface area contributed by atoms with Gasteiger partial charge >= 0.3 is 6.09 Å². The smallest absolute Gasteiger partial charge is 0.407 e. The lowest BCUT2D eigenvalue weighted by Gasteiger charge is -2.20. The zero-order valence-corrected chi connectivity index (χ0v) is 19.4. The third-order valence-electron chi connectivity index (χ3n) is 4.68. The maximum atomic E-state index is 13.6. The largest absolute Gasteiger partial charge is 0.496 e. The molecule has 3 rings (SSSR count). The molecule has 32 heavy (non-hydrogen) atoms. The van der Waals surface area contributed by atoms with Gasteiger partial charge in [0.05, 0.1) is 35.3 Å². The fourth-order valence-corrected chi connectivity index (χ4v) is 4.79. The molecule has 0 atom stereocenters. The predicted octanol–water partition coefficient (Wildman–Crippen LogP) is 4.03. The first kappa shape index (κ1) is 23.3. The van der Waals surface area contributed by atoms with Gasteiger partial charge in [-0.15, -0.1) is 0 Å². The molecule has 0 bridgehead atoms. The summed E-state index contributed by atoms with van der Waals surface area (Å²) in [6.45, 7) is 6.97. The Morgan fingerprint density at radius 3 is 2.34 bits per heavy atom. The van der Waals surface area contributed by atoms with E-state index in [0.717, 1.165) is 9.54 Å². The van der Waals surface area contributed by atoms with E-state index in [4.69, 9.17) is 9.47 Å². The summed E-state index contributed by atoms with van der Waals surface area (Å²) in [4.78, 5) is 23.7. The number of nitrogens with zero attached hydrogens (tertiary/aromatic N) is 1. The fourth-order valence-electron chi connectivity index (χ4n) is 3.26. The van der Waals surface area contributed by atoms with E-state index in [-0.39, 0.29) is 22.8 Å². The molecular formula is C23H26N2O6S. The second-order valence-corrected chi connectivity index (χ2v) is 10.1.